The van der Waals surface area contributed by atoms with Gasteiger partial charge in [0.15, 0.2) is 0 Å². The smallest absolute Gasteiger partial charge is 0.239 e. The molecule has 2 heterocycles. The molecule has 0 bridgehead atoms. The van der Waals surface area contributed by atoms with E-state index in [-0.39, 0.29) is 24.5 Å². The lowest BCUT2D eigenvalue weighted by atomic mass is 10.1. The Bertz CT molecular complexity index is 810. The van der Waals surface area contributed by atoms with Crippen LogP contribution in [-0.4, -0.2) is 46.0 Å². The Hall–Kier alpha value is -2.65. The van der Waals surface area contributed by atoms with Crippen molar-refractivity contribution >= 4 is 22.5 Å². The van der Waals surface area contributed by atoms with Gasteiger partial charge in [0.05, 0.1) is 12.6 Å². The zero-order valence-electron chi connectivity index (χ0n) is 15.4. The number of nitriles is 1. The van der Waals surface area contributed by atoms with Crippen molar-refractivity contribution in [3.63, 3.8) is 0 Å². The van der Waals surface area contributed by atoms with Crippen LogP contribution < -0.4 is 5.43 Å². The zero-order chi connectivity index (χ0) is 18.5. The predicted molar refractivity (Wildman–Crippen MR) is 102 cm³/mol. The van der Waals surface area contributed by atoms with Gasteiger partial charge in [0.1, 0.15) is 11.9 Å². The number of fused-ring (bicyclic) bond motifs is 1. The lowest BCUT2D eigenvalue weighted by Gasteiger charge is -2.31. The molecule has 0 radical (unpaired) electrons. The molecule has 3 rings (SSSR count). The van der Waals surface area contributed by atoms with Gasteiger partial charge < -0.3 is 10.3 Å². The molecule has 6 heteroatoms. The first-order valence-corrected chi connectivity index (χ1v) is 9.20. The Morgan fingerprint density at radius 1 is 1.46 bits per heavy atom. The minimum absolute atomic E-state index is 0.0120. The molecule has 1 aromatic carbocycles. The highest BCUT2D eigenvalue weighted by atomic mass is 16.2. The van der Waals surface area contributed by atoms with Crippen LogP contribution in [0.1, 0.15) is 33.1 Å². The lowest BCUT2D eigenvalue weighted by Crippen LogP contribution is -2.47. The fourth-order valence-corrected chi connectivity index (χ4v) is 3.31. The van der Waals surface area contributed by atoms with Gasteiger partial charge in [-0.1, -0.05) is 31.2 Å². The normalized spacial score (nSPS) is 18.1. The number of hydrazine groups is 1. The molecule has 1 amide bonds. The Morgan fingerprint density at radius 3 is 3.04 bits per heavy atom. The number of anilines is 1. The second-order valence-corrected chi connectivity index (χ2v) is 6.75. The third kappa shape index (κ3) is 3.78. The maximum Gasteiger partial charge on any atom is 0.239 e. The molecule has 1 aliphatic heterocycles. The quantitative estimate of drug-likeness (QED) is 0.809. The van der Waals surface area contributed by atoms with E-state index in [2.05, 4.69) is 30.3 Å². The lowest BCUT2D eigenvalue weighted by molar-refractivity contribution is -0.132. The van der Waals surface area contributed by atoms with Crippen LogP contribution in [0.4, 0.5) is 5.82 Å². The molecule has 1 saturated heterocycles. The van der Waals surface area contributed by atoms with Crippen molar-refractivity contribution in [3.05, 3.63) is 36.5 Å². The van der Waals surface area contributed by atoms with E-state index in [1.165, 1.54) is 0 Å². The van der Waals surface area contributed by atoms with Crippen LogP contribution in [0.3, 0.4) is 0 Å². The number of benzene rings is 1. The summed E-state index contributed by atoms with van der Waals surface area (Å²) in [7, 11) is 0. The standard InChI is InChI=1S/C20H25N5O/c1-3-15(2)25(14-19(26)24-12-6-8-17(24)13-21)23-20-18-9-5-4-7-16(18)10-11-22-20/h4-5,7,9-11,15,17H,3,6,8,12,14H2,1-2H3,(H,22,23)/t15-,17?/m0/s1. The highest BCUT2D eigenvalue weighted by Crippen LogP contribution is 2.22. The van der Waals surface area contributed by atoms with Crippen LogP contribution in [0.25, 0.3) is 10.8 Å². The van der Waals surface area contributed by atoms with Gasteiger partial charge in [0, 0.05) is 24.2 Å². The van der Waals surface area contributed by atoms with Crippen molar-refractivity contribution in [2.24, 2.45) is 0 Å². The summed E-state index contributed by atoms with van der Waals surface area (Å²) < 4.78 is 0. The monoisotopic (exact) mass is 351 g/mol. The Kier molecular flexibility index (Phi) is 5.69. The van der Waals surface area contributed by atoms with Gasteiger partial charge in [0.25, 0.3) is 0 Å². The summed E-state index contributed by atoms with van der Waals surface area (Å²) in [6.45, 7) is 5.06. The maximum absolute atomic E-state index is 12.8. The Labute approximate surface area is 154 Å². The number of pyridine rings is 1. The molecule has 1 N–H and O–H groups in total. The van der Waals surface area contributed by atoms with Gasteiger partial charge >= 0.3 is 0 Å². The molecule has 2 atom stereocenters. The van der Waals surface area contributed by atoms with Crippen LogP contribution in [0, 0.1) is 11.3 Å². The summed E-state index contributed by atoms with van der Waals surface area (Å²) >= 11 is 0. The van der Waals surface area contributed by atoms with Gasteiger partial charge in [0.2, 0.25) is 5.91 Å². The van der Waals surface area contributed by atoms with E-state index in [4.69, 9.17) is 0 Å². The van der Waals surface area contributed by atoms with Gasteiger partial charge in [-0.25, -0.2) is 9.99 Å². The summed E-state index contributed by atoms with van der Waals surface area (Å²) in [6.07, 6.45) is 4.33. The maximum atomic E-state index is 12.8. The zero-order valence-corrected chi connectivity index (χ0v) is 15.4. The van der Waals surface area contributed by atoms with Crippen LogP contribution >= 0.6 is 0 Å². The third-order valence-electron chi connectivity index (χ3n) is 5.07. The number of aromatic nitrogens is 1. The van der Waals surface area contributed by atoms with Crippen LogP contribution in [0.2, 0.25) is 0 Å². The van der Waals surface area contributed by atoms with Crippen molar-refractivity contribution in [2.45, 2.75) is 45.2 Å². The third-order valence-corrected chi connectivity index (χ3v) is 5.07. The summed E-state index contributed by atoms with van der Waals surface area (Å²) in [5.74, 6) is 0.733. The minimum Gasteiger partial charge on any atom is -0.325 e. The molecule has 2 aromatic rings. The fourth-order valence-electron chi connectivity index (χ4n) is 3.31. The average Bonchev–Trinajstić information content (AvgIpc) is 3.16. The predicted octanol–water partition coefficient (Wildman–Crippen LogP) is 3.18. The highest BCUT2D eigenvalue weighted by Gasteiger charge is 2.30. The van der Waals surface area contributed by atoms with E-state index in [9.17, 15) is 10.1 Å². The van der Waals surface area contributed by atoms with E-state index in [0.29, 0.717) is 6.54 Å². The highest BCUT2D eigenvalue weighted by molar-refractivity contribution is 5.91. The molecule has 0 spiro atoms. The number of likely N-dealkylation sites (tertiary alicyclic amines) is 1. The molecular formula is C20H25N5O. The number of amides is 1. The summed E-state index contributed by atoms with van der Waals surface area (Å²) in [4.78, 5) is 18.9. The molecule has 1 fully saturated rings. The molecule has 0 aliphatic carbocycles. The van der Waals surface area contributed by atoms with E-state index < -0.39 is 0 Å². The van der Waals surface area contributed by atoms with Gasteiger partial charge in [-0.05, 0) is 37.6 Å². The molecule has 26 heavy (non-hydrogen) atoms. The Morgan fingerprint density at radius 2 is 2.27 bits per heavy atom. The van der Waals surface area contributed by atoms with Crippen LogP contribution in [0.5, 0.6) is 0 Å². The van der Waals surface area contributed by atoms with Crippen molar-refractivity contribution < 1.29 is 4.79 Å². The number of nitrogens with one attached hydrogen (secondary N) is 1. The number of carbonyl (C=O) groups is 1. The fraction of sp³-hybridized carbons (Fsp3) is 0.450. The molecule has 1 unspecified atom stereocenters. The van der Waals surface area contributed by atoms with E-state index in [1.807, 2.05) is 35.3 Å². The molecule has 136 valence electrons. The van der Waals surface area contributed by atoms with Crippen molar-refractivity contribution in [1.82, 2.24) is 14.9 Å². The molecule has 1 aromatic heterocycles. The Balaban J connectivity index is 1.80. The topological polar surface area (TPSA) is 72.3 Å². The van der Waals surface area contributed by atoms with E-state index in [1.54, 1.807) is 11.1 Å². The van der Waals surface area contributed by atoms with E-state index in [0.717, 1.165) is 35.9 Å². The summed E-state index contributed by atoms with van der Waals surface area (Å²) in [5.41, 5.74) is 3.35. The van der Waals surface area contributed by atoms with E-state index >= 15 is 0 Å². The first-order valence-electron chi connectivity index (χ1n) is 9.20. The molecular weight excluding hydrogens is 326 g/mol. The van der Waals surface area contributed by atoms with Gasteiger partial charge in [-0.15, -0.1) is 0 Å². The first kappa shape index (κ1) is 18.2. The number of hydrogen-bond donors (Lipinski definition) is 1. The molecule has 1 aliphatic rings. The first-order chi connectivity index (χ1) is 12.6. The molecule has 6 nitrogen and oxygen atoms in total. The van der Waals surface area contributed by atoms with Crippen LogP contribution in [-0.2, 0) is 4.79 Å². The summed E-state index contributed by atoms with van der Waals surface area (Å²) in [5, 5.41) is 13.3. The number of nitrogens with zero attached hydrogens (tertiary/aromatic N) is 4. The second kappa shape index (κ2) is 8.15. The van der Waals surface area contributed by atoms with Crippen molar-refractivity contribution in [1.29, 1.82) is 5.26 Å². The number of carbonyl (C=O) groups excluding carboxylic acids is 1. The van der Waals surface area contributed by atoms with Crippen molar-refractivity contribution in [3.8, 4) is 6.07 Å². The summed E-state index contributed by atoms with van der Waals surface area (Å²) in [6, 6.07) is 12.1. The molecule has 0 saturated carbocycles. The largest absolute Gasteiger partial charge is 0.325 e. The number of hydrogen-bond acceptors (Lipinski definition) is 5. The van der Waals surface area contributed by atoms with Gasteiger partial charge in [-0.2, -0.15) is 5.26 Å². The SMILES string of the molecule is CC[C@H](C)N(CC(=O)N1CCCC1C#N)Nc1nccc2ccccc12. The van der Waals surface area contributed by atoms with Crippen LogP contribution in [0.15, 0.2) is 36.5 Å². The second-order valence-electron chi connectivity index (χ2n) is 6.75. The van der Waals surface area contributed by atoms with Crippen molar-refractivity contribution in [2.75, 3.05) is 18.5 Å². The van der Waals surface area contributed by atoms with Gasteiger partial charge in [-0.3, -0.25) is 4.79 Å². The number of rotatable bonds is 6. The average molecular weight is 351 g/mol. The minimum atomic E-state index is -0.294.